The summed E-state index contributed by atoms with van der Waals surface area (Å²) in [5.41, 5.74) is 5.00. The van der Waals surface area contributed by atoms with Gasteiger partial charge in [0, 0.05) is 5.56 Å². The first-order valence-corrected chi connectivity index (χ1v) is 7.08. The largest absolute Gasteiger partial charge is 0.453 e. The molecule has 3 rings (SSSR count). The third-order valence-electron chi connectivity index (χ3n) is 3.04. The summed E-state index contributed by atoms with van der Waals surface area (Å²) in [6, 6.07) is 2.99. The van der Waals surface area contributed by atoms with E-state index in [-0.39, 0.29) is 40.3 Å². The number of anilines is 1. The molecule has 2 N–H and O–H groups in total. The van der Waals surface area contributed by atoms with Gasteiger partial charge in [0.25, 0.3) is 0 Å². The Morgan fingerprint density at radius 1 is 1.32 bits per heavy atom. The summed E-state index contributed by atoms with van der Waals surface area (Å²) < 4.78 is 24.9. The van der Waals surface area contributed by atoms with Crippen LogP contribution in [-0.2, 0) is 0 Å². The third-order valence-corrected chi connectivity index (χ3v) is 3.93. The zero-order chi connectivity index (χ0) is 16.0. The number of ether oxygens (including phenoxy) is 2. The summed E-state index contributed by atoms with van der Waals surface area (Å²) in [6.07, 6.45) is 0. The van der Waals surface area contributed by atoms with E-state index >= 15 is 0 Å². The average Bonchev–Trinajstić information content (AvgIpc) is 2.96. The minimum atomic E-state index is -0.872. The molecule has 0 amide bonds. The number of thiol groups is 1. The Labute approximate surface area is 139 Å². The van der Waals surface area contributed by atoms with E-state index in [0.717, 1.165) is 0 Å². The van der Waals surface area contributed by atoms with Crippen molar-refractivity contribution in [2.24, 2.45) is 0 Å². The van der Waals surface area contributed by atoms with Crippen LogP contribution >= 0.6 is 35.8 Å². The van der Waals surface area contributed by atoms with Crippen LogP contribution in [0.4, 0.5) is 10.1 Å². The van der Waals surface area contributed by atoms with Crippen LogP contribution in [0.2, 0.25) is 10.0 Å². The molecule has 2 aromatic rings. The van der Waals surface area contributed by atoms with Crippen LogP contribution in [0.1, 0.15) is 10.5 Å². The van der Waals surface area contributed by atoms with E-state index in [4.69, 9.17) is 38.4 Å². The molecular formula is C13H7Cl2FN2O3S. The van der Waals surface area contributed by atoms with Crippen molar-refractivity contribution < 1.29 is 18.7 Å². The molecule has 1 aromatic carbocycles. The SMILES string of the molecule is Nc1c(F)c(-c2ccc(Cl)c3c2OCO3)nc(C(=O)S)c1Cl. The van der Waals surface area contributed by atoms with Crippen LogP contribution in [0, 0.1) is 5.82 Å². The summed E-state index contributed by atoms with van der Waals surface area (Å²) in [5, 5.41) is -0.714. The number of hydrogen-bond donors (Lipinski definition) is 2. The molecule has 0 saturated carbocycles. The summed E-state index contributed by atoms with van der Waals surface area (Å²) in [7, 11) is 0. The minimum Gasteiger partial charge on any atom is -0.453 e. The van der Waals surface area contributed by atoms with Crippen molar-refractivity contribution >= 4 is 46.6 Å². The Kier molecular flexibility index (Phi) is 3.80. The average molecular weight is 361 g/mol. The van der Waals surface area contributed by atoms with Crippen molar-refractivity contribution in [3.05, 3.63) is 33.7 Å². The first kappa shape index (κ1) is 15.2. The number of hydrogen-bond acceptors (Lipinski definition) is 5. The van der Waals surface area contributed by atoms with Gasteiger partial charge in [0.05, 0.1) is 15.7 Å². The number of nitrogens with zero attached hydrogens (tertiary/aromatic N) is 1. The molecule has 1 aromatic heterocycles. The van der Waals surface area contributed by atoms with Gasteiger partial charge in [-0.05, 0) is 12.1 Å². The zero-order valence-electron chi connectivity index (χ0n) is 10.7. The quantitative estimate of drug-likeness (QED) is 0.800. The van der Waals surface area contributed by atoms with Crippen molar-refractivity contribution in [2.75, 3.05) is 12.5 Å². The molecule has 0 bridgehead atoms. The second-order valence-corrected chi connectivity index (χ2v) is 5.51. The molecule has 0 spiro atoms. The van der Waals surface area contributed by atoms with Gasteiger partial charge in [0.15, 0.2) is 17.3 Å². The lowest BCUT2D eigenvalue weighted by molar-refractivity contribution is 0.108. The zero-order valence-corrected chi connectivity index (χ0v) is 13.1. The van der Waals surface area contributed by atoms with E-state index in [0.29, 0.717) is 5.02 Å². The highest BCUT2D eigenvalue weighted by molar-refractivity contribution is 7.97. The predicted molar refractivity (Wildman–Crippen MR) is 83.5 cm³/mol. The molecule has 2 heterocycles. The molecule has 0 aliphatic carbocycles. The van der Waals surface area contributed by atoms with Crippen LogP contribution in [0.5, 0.6) is 11.5 Å². The van der Waals surface area contributed by atoms with Gasteiger partial charge >= 0.3 is 0 Å². The standard InChI is InChI=1S/C13H7Cl2FN2O3S/c14-5-2-1-4(11-12(5)21-3-20-11)9-7(16)8(17)6(15)10(18-9)13(19)22/h1-2H,3H2,(H2,17,18)(H,19,22). The second-order valence-electron chi connectivity index (χ2n) is 4.32. The summed E-state index contributed by atoms with van der Waals surface area (Å²) in [6.45, 7) is -0.0604. The lowest BCUT2D eigenvalue weighted by atomic mass is 10.1. The van der Waals surface area contributed by atoms with Crippen molar-refractivity contribution in [3.63, 3.8) is 0 Å². The van der Waals surface area contributed by atoms with Gasteiger partial charge < -0.3 is 15.2 Å². The maximum Gasteiger partial charge on any atom is 0.236 e. The smallest absolute Gasteiger partial charge is 0.236 e. The molecule has 0 fully saturated rings. The number of nitrogen functional groups attached to an aromatic ring is 1. The van der Waals surface area contributed by atoms with Gasteiger partial charge in [0.2, 0.25) is 11.9 Å². The summed E-state index contributed by atoms with van der Waals surface area (Å²) in [5.74, 6) is -0.380. The summed E-state index contributed by atoms with van der Waals surface area (Å²) >= 11 is 15.5. The van der Waals surface area contributed by atoms with Crippen LogP contribution in [0.25, 0.3) is 11.3 Å². The van der Waals surface area contributed by atoms with Gasteiger partial charge in [-0.1, -0.05) is 35.8 Å². The number of pyridine rings is 1. The number of carbonyl (C=O) groups is 1. The molecule has 114 valence electrons. The van der Waals surface area contributed by atoms with E-state index < -0.39 is 16.6 Å². The van der Waals surface area contributed by atoms with Gasteiger partial charge in [0.1, 0.15) is 11.4 Å². The Morgan fingerprint density at radius 2 is 2.00 bits per heavy atom. The highest BCUT2D eigenvalue weighted by Gasteiger charge is 2.27. The maximum absolute atomic E-state index is 14.4. The third kappa shape index (κ3) is 2.25. The van der Waals surface area contributed by atoms with Crippen molar-refractivity contribution in [1.29, 1.82) is 0 Å². The number of aromatic nitrogens is 1. The van der Waals surface area contributed by atoms with Crippen molar-refractivity contribution in [2.45, 2.75) is 0 Å². The van der Waals surface area contributed by atoms with Crippen LogP contribution < -0.4 is 15.2 Å². The van der Waals surface area contributed by atoms with E-state index in [1.165, 1.54) is 12.1 Å². The van der Waals surface area contributed by atoms with Crippen molar-refractivity contribution in [1.82, 2.24) is 4.98 Å². The van der Waals surface area contributed by atoms with E-state index in [1.54, 1.807) is 0 Å². The second kappa shape index (κ2) is 5.49. The van der Waals surface area contributed by atoms with Gasteiger partial charge in [-0.2, -0.15) is 0 Å². The molecule has 0 saturated heterocycles. The lowest BCUT2D eigenvalue weighted by Gasteiger charge is -2.11. The monoisotopic (exact) mass is 360 g/mol. The fraction of sp³-hybridized carbons (Fsp3) is 0.0769. The van der Waals surface area contributed by atoms with Gasteiger partial charge in [-0.25, -0.2) is 9.37 Å². The fourth-order valence-electron chi connectivity index (χ4n) is 2.03. The summed E-state index contributed by atoms with van der Waals surface area (Å²) in [4.78, 5) is 15.4. The van der Waals surface area contributed by atoms with Crippen LogP contribution in [0.15, 0.2) is 12.1 Å². The maximum atomic E-state index is 14.4. The predicted octanol–water partition coefficient (Wildman–Crippen LogP) is 3.58. The van der Waals surface area contributed by atoms with Crippen LogP contribution in [0.3, 0.4) is 0 Å². The first-order valence-electron chi connectivity index (χ1n) is 5.88. The fourth-order valence-corrected chi connectivity index (χ4v) is 2.67. The number of carbonyl (C=O) groups excluding carboxylic acids is 1. The van der Waals surface area contributed by atoms with Crippen molar-refractivity contribution in [3.8, 4) is 22.8 Å². The number of fused-ring (bicyclic) bond motifs is 1. The Balaban J connectivity index is 2.30. The van der Waals surface area contributed by atoms with Crippen LogP contribution in [-0.4, -0.2) is 16.9 Å². The normalized spacial score (nSPS) is 12.5. The Bertz CT molecular complexity index is 817. The molecule has 0 radical (unpaired) electrons. The molecule has 5 nitrogen and oxygen atoms in total. The highest BCUT2D eigenvalue weighted by Crippen LogP contribution is 2.46. The Hall–Kier alpha value is -1.70. The molecule has 22 heavy (non-hydrogen) atoms. The topological polar surface area (TPSA) is 74.4 Å². The van der Waals surface area contributed by atoms with E-state index in [9.17, 15) is 9.18 Å². The lowest BCUT2D eigenvalue weighted by Crippen LogP contribution is -2.06. The van der Waals surface area contributed by atoms with E-state index in [2.05, 4.69) is 17.6 Å². The van der Waals surface area contributed by atoms with Gasteiger partial charge in [-0.3, -0.25) is 4.79 Å². The number of rotatable bonds is 2. The number of halogens is 3. The molecule has 1 aliphatic heterocycles. The first-order chi connectivity index (χ1) is 10.4. The van der Waals surface area contributed by atoms with Gasteiger partial charge in [-0.15, -0.1) is 0 Å². The highest BCUT2D eigenvalue weighted by atomic mass is 35.5. The molecule has 0 unspecified atom stereocenters. The number of nitrogens with two attached hydrogens (primary N) is 1. The number of benzene rings is 1. The minimum absolute atomic E-state index is 0.0604. The Morgan fingerprint density at radius 3 is 2.68 bits per heavy atom. The molecule has 9 heteroatoms. The molecule has 0 atom stereocenters. The molecule has 1 aliphatic rings. The van der Waals surface area contributed by atoms with E-state index in [1.807, 2.05) is 0 Å². The molecular weight excluding hydrogens is 354 g/mol.